The fraction of sp³-hybridized carbons (Fsp3) is 0.692. The van der Waals surface area contributed by atoms with Gasteiger partial charge in [0.2, 0.25) is 10.0 Å². The molecular weight excluding hydrogens is 294 g/mol. The number of sulfonamides is 1. The van der Waals surface area contributed by atoms with Crippen molar-refractivity contribution < 1.29 is 8.42 Å². The number of likely N-dealkylation sites (N-methyl/N-ethyl adjacent to an activating group) is 1. The maximum atomic E-state index is 12.5. The molecule has 0 saturated carbocycles. The van der Waals surface area contributed by atoms with Gasteiger partial charge in [-0.25, -0.2) is 13.1 Å². The molecule has 116 valence electrons. The first-order chi connectivity index (χ1) is 9.12. The molecule has 0 unspecified atom stereocenters. The van der Waals surface area contributed by atoms with Crippen molar-refractivity contribution >= 4 is 21.4 Å². The molecule has 0 amide bonds. The van der Waals surface area contributed by atoms with Crippen LogP contribution < -0.4 is 10.0 Å². The third kappa shape index (κ3) is 4.02. The molecule has 1 aromatic heterocycles. The van der Waals surface area contributed by atoms with Gasteiger partial charge in [-0.3, -0.25) is 0 Å². The van der Waals surface area contributed by atoms with Crippen molar-refractivity contribution in [2.24, 2.45) is 0 Å². The summed E-state index contributed by atoms with van der Waals surface area (Å²) in [4.78, 5) is 3.27. The molecule has 20 heavy (non-hydrogen) atoms. The minimum atomic E-state index is -3.47. The molecule has 5 nitrogen and oxygen atoms in total. The Morgan fingerprint density at radius 3 is 2.45 bits per heavy atom. The molecule has 0 aliphatic rings. The topological polar surface area (TPSA) is 61.4 Å². The summed E-state index contributed by atoms with van der Waals surface area (Å²) in [6.45, 7) is 6.78. The van der Waals surface area contributed by atoms with Crippen LogP contribution in [0.25, 0.3) is 0 Å². The maximum Gasteiger partial charge on any atom is 0.242 e. The van der Waals surface area contributed by atoms with E-state index < -0.39 is 10.0 Å². The summed E-state index contributed by atoms with van der Waals surface area (Å²) >= 11 is 1.48. The van der Waals surface area contributed by atoms with Crippen molar-refractivity contribution in [3.63, 3.8) is 0 Å². The number of hydrogen-bond donors (Lipinski definition) is 2. The van der Waals surface area contributed by atoms with E-state index in [2.05, 4.69) is 10.0 Å². The summed E-state index contributed by atoms with van der Waals surface area (Å²) in [6, 6.07) is 0. The lowest BCUT2D eigenvalue weighted by molar-refractivity contribution is 0.199. The Morgan fingerprint density at radius 1 is 1.35 bits per heavy atom. The highest BCUT2D eigenvalue weighted by molar-refractivity contribution is 7.89. The number of hydrogen-bond acceptors (Lipinski definition) is 5. The Kier molecular flexibility index (Phi) is 5.74. The van der Waals surface area contributed by atoms with Gasteiger partial charge in [0.25, 0.3) is 0 Å². The van der Waals surface area contributed by atoms with Crippen molar-refractivity contribution in [3.8, 4) is 0 Å². The first-order valence-electron chi connectivity index (χ1n) is 6.50. The molecule has 1 aromatic rings. The zero-order valence-electron chi connectivity index (χ0n) is 13.1. The minimum Gasteiger partial charge on any atom is -0.315 e. The second-order valence-corrected chi connectivity index (χ2v) is 8.40. The van der Waals surface area contributed by atoms with Gasteiger partial charge in [0.15, 0.2) is 0 Å². The molecule has 1 heterocycles. The van der Waals surface area contributed by atoms with Gasteiger partial charge in [-0.1, -0.05) is 0 Å². The summed E-state index contributed by atoms with van der Waals surface area (Å²) in [5.74, 6) is 0. The van der Waals surface area contributed by atoms with Crippen LogP contribution in [0.1, 0.15) is 24.3 Å². The number of rotatable bonds is 7. The minimum absolute atomic E-state index is 0.236. The first kappa shape index (κ1) is 17.6. The molecule has 0 aromatic carbocycles. The van der Waals surface area contributed by atoms with Crippen molar-refractivity contribution in [1.29, 1.82) is 0 Å². The fourth-order valence-corrected chi connectivity index (χ4v) is 4.66. The van der Waals surface area contributed by atoms with Crippen LogP contribution in [0.5, 0.6) is 0 Å². The lowest BCUT2D eigenvalue weighted by Gasteiger charge is -2.32. The molecule has 0 spiro atoms. The van der Waals surface area contributed by atoms with E-state index in [1.54, 1.807) is 0 Å². The average molecular weight is 319 g/mol. The molecule has 0 aliphatic heterocycles. The van der Waals surface area contributed by atoms with E-state index in [1.165, 1.54) is 11.3 Å². The molecule has 1 rings (SSSR count). The van der Waals surface area contributed by atoms with Gasteiger partial charge in [0.05, 0.1) is 0 Å². The van der Waals surface area contributed by atoms with Gasteiger partial charge in [0.1, 0.15) is 4.90 Å². The number of aryl methyl sites for hydroxylation is 1. The monoisotopic (exact) mass is 319 g/mol. The third-order valence-corrected chi connectivity index (χ3v) is 6.36. The lowest BCUT2D eigenvalue weighted by atomic mass is 10.1. The van der Waals surface area contributed by atoms with Gasteiger partial charge < -0.3 is 10.2 Å². The molecule has 0 saturated heterocycles. The summed E-state index contributed by atoms with van der Waals surface area (Å²) in [7, 11) is 2.22. The molecule has 0 bridgehead atoms. The summed E-state index contributed by atoms with van der Waals surface area (Å²) in [6.07, 6.45) is 0. The van der Waals surface area contributed by atoms with Crippen LogP contribution in [0.4, 0.5) is 0 Å². The molecule has 2 N–H and O–H groups in total. The van der Waals surface area contributed by atoms with Gasteiger partial charge in [-0.2, -0.15) is 0 Å². The second-order valence-electron chi connectivity index (χ2n) is 5.73. The Hall–Kier alpha value is -0.470. The second kappa shape index (κ2) is 6.53. The van der Waals surface area contributed by atoms with E-state index in [0.29, 0.717) is 18.0 Å². The zero-order chi connectivity index (χ0) is 15.6. The van der Waals surface area contributed by atoms with E-state index in [9.17, 15) is 8.42 Å². The molecule has 7 heteroatoms. The van der Waals surface area contributed by atoms with E-state index in [-0.39, 0.29) is 5.54 Å². The summed E-state index contributed by atoms with van der Waals surface area (Å²) < 4.78 is 27.8. The van der Waals surface area contributed by atoms with E-state index in [4.69, 9.17) is 0 Å². The normalized spacial score (nSPS) is 13.2. The molecule has 0 radical (unpaired) electrons. The van der Waals surface area contributed by atoms with Crippen LogP contribution >= 0.6 is 11.3 Å². The van der Waals surface area contributed by atoms with Crippen LogP contribution in [-0.4, -0.2) is 46.5 Å². The fourth-order valence-electron chi connectivity index (χ4n) is 1.63. The lowest BCUT2D eigenvalue weighted by Crippen LogP contribution is -2.48. The highest BCUT2D eigenvalue weighted by atomic mass is 32.2. The SMILES string of the molecule is CNCc1scc(C)c1S(=O)(=O)NCC(C)(C)N(C)C. The highest BCUT2D eigenvalue weighted by Crippen LogP contribution is 2.27. The van der Waals surface area contributed by atoms with Crippen molar-refractivity contribution in [3.05, 3.63) is 15.8 Å². The Labute approximate surface area is 126 Å². The smallest absolute Gasteiger partial charge is 0.242 e. The maximum absolute atomic E-state index is 12.5. The zero-order valence-corrected chi connectivity index (χ0v) is 14.7. The third-order valence-electron chi connectivity index (χ3n) is 3.50. The van der Waals surface area contributed by atoms with Crippen molar-refractivity contribution in [2.45, 2.75) is 37.8 Å². The Morgan fingerprint density at radius 2 is 1.95 bits per heavy atom. The molecular formula is C13H25N3O2S2. The predicted octanol–water partition coefficient (Wildman–Crippen LogP) is 1.39. The van der Waals surface area contributed by atoms with E-state index >= 15 is 0 Å². The van der Waals surface area contributed by atoms with Crippen LogP contribution in [0.3, 0.4) is 0 Å². The molecule has 0 fully saturated rings. The first-order valence-corrected chi connectivity index (χ1v) is 8.87. The van der Waals surface area contributed by atoms with Crippen molar-refractivity contribution in [2.75, 3.05) is 27.7 Å². The number of thiophene rings is 1. The molecule has 0 atom stereocenters. The largest absolute Gasteiger partial charge is 0.315 e. The van der Waals surface area contributed by atoms with E-state index in [0.717, 1.165) is 10.4 Å². The van der Waals surface area contributed by atoms with Gasteiger partial charge in [-0.05, 0) is 52.9 Å². The van der Waals surface area contributed by atoms with Gasteiger partial charge in [0, 0.05) is 23.5 Å². The van der Waals surface area contributed by atoms with Crippen molar-refractivity contribution in [1.82, 2.24) is 14.9 Å². The van der Waals surface area contributed by atoms with Gasteiger partial charge >= 0.3 is 0 Å². The van der Waals surface area contributed by atoms with Gasteiger partial charge in [-0.15, -0.1) is 11.3 Å². The molecule has 0 aliphatic carbocycles. The standard InChI is InChI=1S/C13H25N3O2S2/c1-10-8-19-11(7-14-4)12(10)20(17,18)15-9-13(2,3)16(5)6/h8,14-15H,7,9H2,1-6H3. The van der Waals surface area contributed by atoms with E-state index in [1.807, 2.05) is 52.2 Å². The van der Waals surface area contributed by atoms with Crippen LogP contribution in [-0.2, 0) is 16.6 Å². The summed E-state index contributed by atoms with van der Waals surface area (Å²) in [5.41, 5.74) is 0.565. The Balaban J connectivity index is 2.98. The van der Waals surface area contributed by atoms with Crippen LogP contribution in [0.15, 0.2) is 10.3 Å². The summed E-state index contributed by atoms with van der Waals surface area (Å²) in [5, 5.41) is 4.90. The highest BCUT2D eigenvalue weighted by Gasteiger charge is 2.27. The van der Waals surface area contributed by atoms with Crippen LogP contribution in [0, 0.1) is 6.92 Å². The average Bonchev–Trinajstić information content (AvgIpc) is 2.69. The number of nitrogens with zero attached hydrogens (tertiary/aromatic N) is 1. The predicted molar refractivity (Wildman–Crippen MR) is 84.8 cm³/mol. The van der Waals surface area contributed by atoms with Crippen LogP contribution in [0.2, 0.25) is 0 Å². The Bertz CT molecular complexity index is 548. The number of nitrogens with one attached hydrogen (secondary N) is 2. The quantitative estimate of drug-likeness (QED) is 0.797.